The van der Waals surface area contributed by atoms with Crippen molar-refractivity contribution in [2.24, 2.45) is 0 Å². The van der Waals surface area contributed by atoms with Crippen molar-refractivity contribution >= 4 is 17.6 Å². The van der Waals surface area contributed by atoms with Crippen molar-refractivity contribution in [1.29, 1.82) is 0 Å². The molecule has 7 heteroatoms. The number of hydrogen-bond acceptors (Lipinski definition) is 4. The number of aliphatic hydroxyl groups excluding tert-OH is 1. The Bertz CT molecular complexity index is 911. The smallest absolute Gasteiger partial charge is 0.322 e. The Morgan fingerprint density at radius 2 is 1.90 bits per heavy atom. The van der Waals surface area contributed by atoms with E-state index in [-0.39, 0.29) is 30.5 Å². The first-order valence-corrected chi connectivity index (χ1v) is 9.66. The first-order chi connectivity index (χ1) is 14.0. The third-order valence-electron chi connectivity index (χ3n) is 6.00. The molecule has 2 aromatic rings. The summed E-state index contributed by atoms with van der Waals surface area (Å²) in [5, 5.41) is 12.8. The molecule has 2 fully saturated rings. The summed E-state index contributed by atoms with van der Waals surface area (Å²) >= 11 is 0. The fourth-order valence-corrected chi connectivity index (χ4v) is 4.84. The van der Waals surface area contributed by atoms with Crippen molar-refractivity contribution in [2.45, 2.75) is 24.4 Å². The van der Waals surface area contributed by atoms with Gasteiger partial charge in [0.05, 0.1) is 25.3 Å². The fraction of sp³-hybridized carbons (Fsp3) is 0.364. The van der Waals surface area contributed by atoms with Crippen LogP contribution in [0, 0.1) is 0 Å². The Hall–Kier alpha value is -3.06. The number of rotatable bonds is 4. The number of anilines is 1. The third-order valence-corrected chi connectivity index (χ3v) is 6.00. The summed E-state index contributed by atoms with van der Waals surface area (Å²) in [6.07, 6.45) is 0. The second-order valence-electron chi connectivity index (χ2n) is 7.65. The first-order valence-electron chi connectivity index (χ1n) is 9.66. The molecule has 2 saturated heterocycles. The van der Waals surface area contributed by atoms with Gasteiger partial charge in [0.1, 0.15) is 5.75 Å². The summed E-state index contributed by atoms with van der Waals surface area (Å²) in [5.41, 5.74) is 1.27. The van der Waals surface area contributed by atoms with E-state index in [1.807, 2.05) is 42.5 Å². The Morgan fingerprint density at radius 1 is 1.17 bits per heavy atom. The molecule has 2 N–H and O–H groups in total. The molecule has 0 radical (unpaired) electrons. The maximum atomic E-state index is 12.7. The van der Waals surface area contributed by atoms with Gasteiger partial charge in [0.15, 0.2) is 0 Å². The predicted molar refractivity (Wildman–Crippen MR) is 109 cm³/mol. The number of likely N-dealkylation sites (tertiary alicyclic amines) is 2. The van der Waals surface area contributed by atoms with Gasteiger partial charge in [-0.2, -0.15) is 0 Å². The number of methoxy groups -OCH3 is 1. The summed E-state index contributed by atoms with van der Waals surface area (Å²) < 4.78 is 5.19. The number of carbonyl (C=O) groups excluding carboxylic acids is 2. The van der Waals surface area contributed by atoms with Gasteiger partial charge in [-0.1, -0.05) is 36.4 Å². The molecule has 2 atom stereocenters. The highest BCUT2D eigenvalue weighted by molar-refractivity contribution is 5.91. The predicted octanol–water partition coefficient (Wildman–Crippen LogP) is 2.29. The number of nitrogens with zero attached hydrogens (tertiary/aromatic N) is 2. The van der Waals surface area contributed by atoms with E-state index in [0.717, 1.165) is 5.56 Å². The lowest BCUT2D eigenvalue weighted by Gasteiger charge is -2.70. The molecule has 4 rings (SSSR count). The number of amides is 3. The lowest BCUT2D eigenvalue weighted by Crippen LogP contribution is -2.86. The zero-order chi connectivity index (χ0) is 20.6. The van der Waals surface area contributed by atoms with Gasteiger partial charge in [-0.3, -0.25) is 4.79 Å². The van der Waals surface area contributed by atoms with Crippen molar-refractivity contribution in [3.63, 3.8) is 0 Å². The van der Waals surface area contributed by atoms with Crippen LogP contribution in [0.15, 0.2) is 54.6 Å². The normalized spacial score (nSPS) is 21.9. The summed E-state index contributed by atoms with van der Waals surface area (Å²) in [6, 6.07) is 16.6. The molecule has 2 aliphatic rings. The van der Waals surface area contributed by atoms with E-state index in [1.165, 1.54) is 6.92 Å². The van der Waals surface area contributed by atoms with Crippen LogP contribution in [0.4, 0.5) is 10.5 Å². The molecule has 2 aromatic carbocycles. The molecule has 3 amide bonds. The molecular formula is C22H25N3O4. The zero-order valence-corrected chi connectivity index (χ0v) is 16.5. The number of hydrogen-bond donors (Lipinski definition) is 2. The molecule has 0 saturated carbocycles. The number of carbonyl (C=O) groups is 2. The topological polar surface area (TPSA) is 82.1 Å². The lowest BCUT2D eigenvalue weighted by molar-refractivity contribution is -0.190. The average molecular weight is 395 g/mol. The van der Waals surface area contributed by atoms with Crippen LogP contribution in [0.3, 0.4) is 0 Å². The number of benzene rings is 2. The van der Waals surface area contributed by atoms with E-state index in [4.69, 9.17) is 4.74 Å². The highest BCUT2D eigenvalue weighted by Gasteiger charge is 2.67. The zero-order valence-electron chi connectivity index (χ0n) is 16.5. The van der Waals surface area contributed by atoms with E-state index < -0.39 is 5.54 Å². The molecule has 2 aliphatic heterocycles. The molecule has 2 heterocycles. The van der Waals surface area contributed by atoms with Gasteiger partial charge in [0.25, 0.3) is 0 Å². The minimum Gasteiger partial charge on any atom is -0.497 e. The highest BCUT2D eigenvalue weighted by atomic mass is 16.5. The standard InChI is InChI=1S/C22H25N3O4/c1-15(27)25-19(12-26)20(16-7-4-3-5-8-16)22(25)13-24(14-22)21(28)23-17-9-6-10-18(11-17)29-2/h3-11,19-20,26H,12-14H2,1-2H3,(H,23,28)/t19-,20-/m1/s1. The second-order valence-corrected chi connectivity index (χ2v) is 7.65. The van der Waals surface area contributed by atoms with E-state index in [0.29, 0.717) is 24.5 Å². The van der Waals surface area contributed by atoms with Crippen molar-refractivity contribution in [3.05, 3.63) is 60.2 Å². The quantitative estimate of drug-likeness (QED) is 0.832. The maximum absolute atomic E-state index is 12.7. The van der Waals surface area contributed by atoms with E-state index in [1.54, 1.807) is 29.0 Å². The van der Waals surface area contributed by atoms with E-state index >= 15 is 0 Å². The van der Waals surface area contributed by atoms with Gasteiger partial charge in [0.2, 0.25) is 5.91 Å². The van der Waals surface area contributed by atoms with Crippen LogP contribution in [0.1, 0.15) is 18.4 Å². The number of aliphatic hydroxyl groups is 1. The maximum Gasteiger partial charge on any atom is 0.322 e. The van der Waals surface area contributed by atoms with Crippen molar-refractivity contribution in [2.75, 3.05) is 32.1 Å². The number of nitrogens with one attached hydrogen (secondary N) is 1. The van der Waals surface area contributed by atoms with Crippen LogP contribution in [0.5, 0.6) is 5.75 Å². The molecule has 7 nitrogen and oxygen atoms in total. The first kappa shape index (κ1) is 19.3. The molecule has 152 valence electrons. The van der Waals surface area contributed by atoms with Gasteiger partial charge in [0, 0.05) is 37.7 Å². The largest absolute Gasteiger partial charge is 0.497 e. The SMILES string of the molecule is COc1cccc(NC(=O)N2CC3(C2)[C@H](c2ccccc2)[C@@H](CO)N3C(C)=O)c1. The van der Waals surface area contributed by atoms with Gasteiger partial charge in [-0.05, 0) is 17.7 Å². The molecule has 0 aromatic heterocycles. The van der Waals surface area contributed by atoms with Crippen LogP contribution in [-0.4, -0.2) is 65.2 Å². The van der Waals surface area contributed by atoms with E-state index in [2.05, 4.69) is 5.32 Å². The van der Waals surface area contributed by atoms with Gasteiger partial charge >= 0.3 is 6.03 Å². The molecule has 29 heavy (non-hydrogen) atoms. The molecule has 1 spiro atoms. The Morgan fingerprint density at radius 3 is 2.52 bits per heavy atom. The lowest BCUT2D eigenvalue weighted by atomic mass is 9.60. The summed E-state index contributed by atoms with van der Waals surface area (Å²) in [7, 11) is 1.58. The monoisotopic (exact) mass is 395 g/mol. The second kappa shape index (κ2) is 7.40. The van der Waals surface area contributed by atoms with Crippen LogP contribution in [0.25, 0.3) is 0 Å². The Kier molecular flexibility index (Phi) is 4.92. The van der Waals surface area contributed by atoms with Gasteiger partial charge < -0.3 is 25.0 Å². The average Bonchev–Trinajstić information content (AvgIpc) is 2.67. The highest BCUT2D eigenvalue weighted by Crippen LogP contribution is 2.53. The minimum atomic E-state index is -0.466. The van der Waals surface area contributed by atoms with Gasteiger partial charge in [-0.25, -0.2) is 4.79 Å². The molecule has 0 bridgehead atoms. The summed E-state index contributed by atoms with van der Waals surface area (Å²) in [5.74, 6) is 0.585. The van der Waals surface area contributed by atoms with Gasteiger partial charge in [-0.15, -0.1) is 0 Å². The van der Waals surface area contributed by atoms with Crippen LogP contribution in [0.2, 0.25) is 0 Å². The summed E-state index contributed by atoms with van der Waals surface area (Å²) in [6.45, 7) is 2.28. The van der Waals surface area contributed by atoms with Crippen LogP contribution >= 0.6 is 0 Å². The number of urea groups is 1. The third kappa shape index (κ3) is 3.11. The molecule has 0 aliphatic carbocycles. The molecular weight excluding hydrogens is 370 g/mol. The van der Waals surface area contributed by atoms with Crippen molar-refractivity contribution in [1.82, 2.24) is 9.80 Å². The van der Waals surface area contributed by atoms with Crippen molar-refractivity contribution in [3.8, 4) is 5.75 Å². The Labute approximate surface area is 169 Å². The van der Waals surface area contributed by atoms with Crippen LogP contribution in [-0.2, 0) is 4.79 Å². The summed E-state index contributed by atoms with van der Waals surface area (Å²) in [4.78, 5) is 28.5. The Balaban J connectivity index is 1.51. The van der Waals surface area contributed by atoms with Crippen molar-refractivity contribution < 1.29 is 19.4 Å². The van der Waals surface area contributed by atoms with Crippen LogP contribution < -0.4 is 10.1 Å². The number of ether oxygens (including phenoxy) is 1. The van der Waals surface area contributed by atoms with E-state index in [9.17, 15) is 14.7 Å². The molecule has 0 unspecified atom stereocenters. The fourth-order valence-electron chi connectivity index (χ4n) is 4.84. The minimum absolute atomic E-state index is 0.00142.